The largest absolute Gasteiger partial charge is 0.368 e. The average molecular weight is 483 g/mol. The van der Waals surface area contributed by atoms with Crippen LogP contribution in [0.5, 0.6) is 0 Å². The van der Waals surface area contributed by atoms with Crippen molar-refractivity contribution >= 4 is 27.5 Å². The molecular weight excluding hydrogens is 448 g/mol. The number of amides is 1. The minimum atomic E-state index is -3.34. The predicted octanol–water partition coefficient (Wildman–Crippen LogP) is 4.41. The molecule has 178 valence electrons. The van der Waals surface area contributed by atoms with Gasteiger partial charge in [-0.3, -0.25) is 4.79 Å². The van der Waals surface area contributed by atoms with Crippen LogP contribution in [0.1, 0.15) is 57.6 Å². The molecule has 6 nitrogen and oxygen atoms in total. The Hall–Kier alpha value is -1.41. The summed E-state index contributed by atoms with van der Waals surface area (Å²) in [5.41, 5.74) is -0.00412. The Morgan fingerprint density at radius 2 is 1.97 bits per heavy atom. The van der Waals surface area contributed by atoms with E-state index in [9.17, 15) is 13.2 Å². The van der Waals surface area contributed by atoms with Gasteiger partial charge in [0.1, 0.15) is 5.60 Å². The second kappa shape index (κ2) is 9.84. The third-order valence-corrected chi connectivity index (χ3v) is 9.49. The van der Waals surface area contributed by atoms with Gasteiger partial charge in [0, 0.05) is 38.2 Å². The third-order valence-electron chi connectivity index (χ3n) is 6.90. The second-order valence-electron chi connectivity index (χ2n) is 9.17. The first-order chi connectivity index (χ1) is 15.1. The average Bonchev–Trinajstić information content (AvgIpc) is 3.61. The maximum absolute atomic E-state index is 14.0. The number of sulfonamides is 1. The lowest BCUT2D eigenvalue weighted by atomic mass is 9.75. The van der Waals surface area contributed by atoms with Gasteiger partial charge in [0.2, 0.25) is 10.0 Å². The van der Waals surface area contributed by atoms with Crippen molar-refractivity contribution in [3.63, 3.8) is 0 Å². The molecule has 1 aromatic rings. The Balaban J connectivity index is 2.03. The fourth-order valence-corrected chi connectivity index (χ4v) is 6.74. The molecule has 32 heavy (non-hydrogen) atoms. The summed E-state index contributed by atoms with van der Waals surface area (Å²) in [4.78, 5) is 15.9. The molecule has 3 rings (SSSR count). The summed E-state index contributed by atoms with van der Waals surface area (Å²) in [7, 11) is -0.150. The number of hydrogen-bond donors (Lipinski definition) is 0. The first kappa shape index (κ1) is 25.2. The molecule has 2 fully saturated rings. The summed E-state index contributed by atoms with van der Waals surface area (Å²) in [6, 6.07) is 7.08. The number of likely N-dealkylation sites (N-methyl/N-ethyl adjacent to an activating group) is 1. The number of nitrogens with zero attached hydrogens (tertiary/aromatic N) is 2. The number of benzene rings is 1. The van der Waals surface area contributed by atoms with E-state index in [0.717, 1.165) is 5.56 Å². The highest BCUT2D eigenvalue weighted by molar-refractivity contribution is 7.90. The van der Waals surface area contributed by atoms with Gasteiger partial charge in [0.25, 0.3) is 5.91 Å². The zero-order chi connectivity index (χ0) is 23.7. The van der Waals surface area contributed by atoms with Crippen molar-refractivity contribution in [1.82, 2.24) is 9.21 Å². The van der Waals surface area contributed by atoms with Crippen LogP contribution in [0.4, 0.5) is 0 Å². The van der Waals surface area contributed by atoms with Crippen molar-refractivity contribution in [2.45, 2.75) is 68.9 Å². The number of carbonyl (C=O) groups excluding carboxylic acids is 1. The Labute approximate surface area is 197 Å². The fraction of sp³-hybridized carbons (Fsp3) is 0.625. The number of hydrogen-bond acceptors (Lipinski definition) is 4. The summed E-state index contributed by atoms with van der Waals surface area (Å²) in [6.07, 6.45) is 4.74. The highest BCUT2D eigenvalue weighted by Crippen LogP contribution is 2.45. The molecular formula is C24H35ClN2O4S. The van der Waals surface area contributed by atoms with E-state index in [4.69, 9.17) is 16.3 Å². The smallest absolute Gasteiger partial charge is 0.255 e. The minimum absolute atomic E-state index is 0.0909. The molecule has 1 saturated heterocycles. The van der Waals surface area contributed by atoms with Gasteiger partial charge < -0.3 is 9.64 Å². The van der Waals surface area contributed by atoms with E-state index in [1.165, 1.54) is 4.31 Å². The first-order valence-corrected chi connectivity index (χ1v) is 13.2. The van der Waals surface area contributed by atoms with Crippen molar-refractivity contribution in [2.24, 2.45) is 5.92 Å². The zero-order valence-electron chi connectivity index (χ0n) is 19.5. The molecule has 0 bridgehead atoms. The van der Waals surface area contributed by atoms with Crippen LogP contribution >= 0.6 is 11.6 Å². The first-order valence-electron chi connectivity index (χ1n) is 11.3. The third kappa shape index (κ3) is 4.76. The van der Waals surface area contributed by atoms with Gasteiger partial charge in [-0.05, 0) is 49.3 Å². The lowest BCUT2D eigenvalue weighted by Crippen LogP contribution is -2.62. The summed E-state index contributed by atoms with van der Waals surface area (Å²) in [5.74, 6) is -0.0183. The van der Waals surface area contributed by atoms with Gasteiger partial charge in [0.15, 0.2) is 0 Å². The standard InChI is InChI=1S/C24H35ClN2O4S/c1-6-14-24(31-5)15-17(3)22(18-8-10-19(25)11-9-18)27(23(24)28)20(7-2)16-26(4)32(29,30)21-12-13-21/h6,8-11,17,20-22H,1,7,12-16H2,2-5H3/t17-,20-,22-,24+/m0/s1. The maximum Gasteiger partial charge on any atom is 0.255 e. The molecule has 1 heterocycles. The maximum atomic E-state index is 14.0. The number of ether oxygens (including phenoxy) is 1. The lowest BCUT2D eigenvalue weighted by molar-refractivity contribution is -0.175. The normalized spacial score (nSPS) is 27.6. The van der Waals surface area contributed by atoms with Gasteiger partial charge in [0.05, 0.1) is 11.3 Å². The van der Waals surface area contributed by atoms with Crippen LogP contribution in [-0.2, 0) is 19.6 Å². The molecule has 0 aromatic heterocycles. The molecule has 0 unspecified atom stereocenters. The van der Waals surface area contributed by atoms with Crippen LogP contribution in [-0.4, -0.2) is 61.1 Å². The number of rotatable bonds is 10. The van der Waals surface area contributed by atoms with E-state index in [2.05, 4.69) is 13.5 Å². The molecule has 1 amide bonds. The van der Waals surface area contributed by atoms with Crippen molar-refractivity contribution in [3.05, 3.63) is 47.5 Å². The minimum Gasteiger partial charge on any atom is -0.368 e. The number of piperidine rings is 1. The Morgan fingerprint density at radius 3 is 2.47 bits per heavy atom. The molecule has 4 atom stereocenters. The van der Waals surface area contributed by atoms with E-state index in [1.54, 1.807) is 20.2 Å². The molecule has 1 aliphatic heterocycles. The molecule has 1 saturated carbocycles. The summed E-state index contributed by atoms with van der Waals surface area (Å²) in [6.45, 7) is 8.21. The van der Waals surface area contributed by atoms with Crippen LogP contribution in [0.25, 0.3) is 0 Å². The molecule has 8 heteroatoms. The van der Waals surface area contributed by atoms with Gasteiger partial charge in [-0.15, -0.1) is 6.58 Å². The van der Waals surface area contributed by atoms with E-state index >= 15 is 0 Å². The molecule has 0 N–H and O–H groups in total. The van der Waals surface area contributed by atoms with Gasteiger partial charge in [-0.25, -0.2) is 12.7 Å². The Kier molecular flexibility index (Phi) is 7.75. The monoisotopic (exact) mass is 482 g/mol. The van der Waals surface area contributed by atoms with E-state index in [-0.39, 0.29) is 35.7 Å². The topological polar surface area (TPSA) is 66.9 Å². The fourth-order valence-electron chi connectivity index (χ4n) is 4.99. The number of methoxy groups -OCH3 is 1. The van der Waals surface area contributed by atoms with Gasteiger partial charge >= 0.3 is 0 Å². The SMILES string of the molecule is C=CC[C@@]1(OC)C[C@H](C)[C@@H](c2ccc(Cl)cc2)N([C@@H](CC)CN(C)S(=O)(=O)C2CC2)C1=O. The molecule has 2 aliphatic rings. The molecule has 0 radical (unpaired) electrons. The lowest BCUT2D eigenvalue weighted by Gasteiger charge is -2.51. The van der Waals surface area contributed by atoms with Gasteiger partial charge in [-0.2, -0.15) is 0 Å². The zero-order valence-corrected chi connectivity index (χ0v) is 21.0. The summed E-state index contributed by atoms with van der Waals surface area (Å²) >= 11 is 6.12. The van der Waals surface area contributed by atoms with Crippen molar-refractivity contribution < 1.29 is 17.9 Å². The summed E-state index contributed by atoms with van der Waals surface area (Å²) < 4.78 is 32.9. The molecule has 0 spiro atoms. The van der Waals surface area contributed by atoms with E-state index < -0.39 is 15.6 Å². The summed E-state index contributed by atoms with van der Waals surface area (Å²) in [5, 5.41) is 0.349. The number of likely N-dealkylation sites (tertiary alicyclic amines) is 1. The Bertz CT molecular complexity index is 932. The van der Waals surface area contributed by atoms with Crippen LogP contribution in [0.15, 0.2) is 36.9 Å². The predicted molar refractivity (Wildman–Crippen MR) is 128 cm³/mol. The number of halogens is 1. The highest BCUT2D eigenvalue weighted by Gasteiger charge is 2.52. The quantitative estimate of drug-likeness (QED) is 0.463. The van der Waals surface area contributed by atoms with Crippen LogP contribution in [0.3, 0.4) is 0 Å². The van der Waals surface area contributed by atoms with E-state index in [1.807, 2.05) is 36.1 Å². The van der Waals surface area contributed by atoms with Gasteiger partial charge in [-0.1, -0.05) is 43.7 Å². The molecule has 1 aliphatic carbocycles. The van der Waals surface area contributed by atoms with Crippen molar-refractivity contribution in [1.29, 1.82) is 0 Å². The highest BCUT2D eigenvalue weighted by atomic mass is 35.5. The second-order valence-corrected chi connectivity index (χ2v) is 11.9. The van der Waals surface area contributed by atoms with E-state index in [0.29, 0.717) is 37.1 Å². The molecule has 1 aromatic carbocycles. The van der Waals surface area contributed by atoms with Crippen LogP contribution < -0.4 is 0 Å². The van der Waals surface area contributed by atoms with Crippen LogP contribution in [0, 0.1) is 5.92 Å². The van der Waals surface area contributed by atoms with Crippen LogP contribution in [0.2, 0.25) is 5.02 Å². The van der Waals surface area contributed by atoms with Crippen molar-refractivity contribution in [2.75, 3.05) is 20.7 Å². The van der Waals surface area contributed by atoms with Crippen molar-refractivity contribution in [3.8, 4) is 0 Å². The number of carbonyl (C=O) groups is 1. The Morgan fingerprint density at radius 1 is 1.34 bits per heavy atom.